The first-order valence-electron chi connectivity index (χ1n) is 6.74. The van der Waals surface area contributed by atoms with Crippen LogP contribution >= 0.6 is 0 Å². The highest BCUT2D eigenvalue weighted by Crippen LogP contribution is 2.30. The van der Waals surface area contributed by atoms with Gasteiger partial charge in [0.05, 0.1) is 0 Å². The smallest absolute Gasteiger partial charge is 0.252 e. The zero-order chi connectivity index (χ0) is 13.3. The molecule has 4 heteroatoms. The summed E-state index contributed by atoms with van der Waals surface area (Å²) in [5, 5.41) is 0. The molecule has 4 nitrogen and oxygen atoms in total. The number of H-pyrrole nitrogens is 1. The lowest BCUT2D eigenvalue weighted by Gasteiger charge is -2.38. The van der Waals surface area contributed by atoms with E-state index in [1.165, 1.54) is 12.8 Å². The lowest BCUT2D eigenvalue weighted by Crippen LogP contribution is -2.41. The van der Waals surface area contributed by atoms with Crippen LogP contribution in [0.5, 0.6) is 0 Å². The fraction of sp³-hybridized carbons (Fsp3) is 0.714. The molecule has 18 heavy (non-hydrogen) atoms. The van der Waals surface area contributed by atoms with Crippen molar-refractivity contribution < 1.29 is 0 Å². The van der Waals surface area contributed by atoms with Crippen LogP contribution in [0.4, 0.5) is 5.82 Å². The highest BCUT2D eigenvalue weighted by atomic mass is 16.1. The number of hydrogen-bond acceptors (Lipinski definition) is 3. The van der Waals surface area contributed by atoms with Gasteiger partial charge >= 0.3 is 0 Å². The normalized spacial score (nSPS) is 19.3. The van der Waals surface area contributed by atoms with E-state index in [9.17, 15) is 4.79 Å². The molecule has 0 radical (unpaired) electrons. The SMILES string of the molecule is CC(C)c1nc(N2CCCC(C)(C)C2)cc(=O)[nH]1. The lowest BCUT2D eigenvalue weighted by atomic mass is 9.84. The van der Waals surface area contributed by atoms with E-state index < -0.39 is 0 Å². The molecular weight excluding hydrogens is 226 g/mol. The van der Waals surface area contributed by atoms with E-state index in [0.29, 0.717) is 5.41 Å². The summed E-state index contributed by atoms with van der Waals surface area (Å²) >= 11 is 0. The third kappa shape index (κ3) is 2.92. The molecule has 2 rings (SSSR count). The molecule has 1 saturated heterocycles. The van der Waals surface area contributed by atoms with Crippen LogP contribution in [0.15, 0.2) is 10.9 Å². The van der Waals surface area contributed by atoms with Gasteiger partial charge in [-0.05, 0) is 18.3 Å². The number of anilines is 1. The number of nitrogens with one attached hydrogen (secondary N) is 1. The van der Waals surface area contributed by atoms with E-state index in [1.807, 2.05) is 13.8 Å². The fourth-order valence-corrected chi connectivity index (χ4v) is 2.52. The molecule has 0 aliphatic carbocycles. The molecule has 2 heterocycles. The Hall–Kier alpha value is -1.32. The molecule has 1 aliphatic rings. The average Bonchev–Trinajstić information content (AvgIpc) is 2.26. The van der Waals surface area contributed by atoms with E-state index in [2.05, 4.69) is 28.7 Å². The Labute approximate surface area is 108 Å². The van der Waals surface area contributed by atoms with E-state index in [-0.39, 0.29) is 11.5 Å². The van der Waals surface area contributed by atoms with Crippen LogP contribution in [0.2, 0.25) is 0 Å². The summed E-state index contributed by atoms with van der Waals surface area (Å²) in [5.41, 5.74) is 0.257. The molecule has 0 atom stereocenters. The Bertz CT molecular complexity index is 476. The zero-order valence-electron chi connectivity index (χ0n) is 11.8. The molecule has 1 aliphatic heterocycles. The molecule has 1 aromatic rings. The average molecular weight is 249 g/mol. The van der Waals surface area contributed by atoms with Gasteiger partial charge in [0.2, 0.25) is 0 Å². The van der Waals surface area contributed by atoms with Crippen molar-refractivity contribution in [1.29, 1.82) is 0 Å². The van der Waals surface area contributed by atoms with Gasteiger partial charge in [-0.25, -0.2) is 4.98 Å². The second-order valence-corrected chi connectivity index (χ2v) is 6.33. The van der Waals surface area contributed by atoms with Crippen molar-refractivity contribution in [2.45, 2.75) is 46.5 Å². The maximum atomic E-state index is 11.7. The van der Waals surface area contributed by atoms with Gasteiger partial charge in [0.25, 0.3) is 5.56 Å². The van der Waals surface area contributed by atoms with Crippen LogP contribution in [0, 0.1) is 5.41 Å². The van der Waals surface area contributed by atoms with Crippen LogP contribution in [0.1, 0.15) is 52.3 Å². The summed E-state index contributed by atoms with van der Waals surface area (Å²) in [6.45, 7) is 10.6. The highest BCUT2D eigenvalue weighted by molar-refractivity contribution is 5.38. The number of aromatic amines is 1. The largest absolute Gasteiger partial charge is 0.356 e. The summed E-state index contributed by atoms with van der Waals surface area (Å²) in [6, 6.07) is 1.62. The van der Waals surface area contributed by atoms with Gasteiger partial charge in [-0.1, -0.05) is 27.7 Å². The molecular formula is C14H23N3O. The Balaban J connectivity index is 2.30. The molecule has 0 bridgehead atoms. The Morgan fingerprint density at radius 1 is 1.44 bits per heavy atom. The van der Waals surface area contributed by atoms with Crippen molar-refractivity contribution in [3.05, 3.63) is 22.2 Å². The maximum absolute atomic E-state index is 11.7. The van der Waals surface area contributed by atoms with Crippen LogP contribution in [0.25, 0.3) is 0 Å². The second-order valence-electron chi connectivity index (χ2n) is 6.33. The van der Waals surface area contributed by atoms with Gasteiger partial charge in [0.15, 0.2) is 0 Å². The van der Waals surface area contributed by atoms with E-state index in [4.69, 9.17) is 0 Å². The molecule has 1 fully saturated rings. The third-order valence-electron chi connectivity index (χ3n) is 3.52. The molecule has 1 aromatic heterocycles. The molecule has 0 unspecified atom stereocenters. The highest BCUT2D eigenvalue weighted by Gasteiger charge is 2.27. The first-order valence-corrected chi connectivity index (χ1v) is 6.74. The van der Waals surface area contributed by atoms with Crippen LogP contribution < -0.4 is 10.5 Å². The standard InChI is InChI=1S/C14H23N3O/c1-10(2)13-15-11(8-12(18)16-13)17-7-5-6-14(3,4)9-17/h8,10H,5-7,9H2,1-4H3,(H,15,16,18). The first-order chi connectivity index (χ1) is 8.37. The van der Waals surface area contributed by atoms with Gasteiger partial charge in [0, 0.05) is 25.1 Å². The van der Waals surface area contributed by atoms with Crippen molar-refractivity contribution in [3.63, 3.8) is 0 Å². The minimum atomic E-state index is -0.0490. The number of aromatic nitrogens is 2. The molecule has 0 saturated carbocycles. The van der Waals surface area contributed by atoms with Crippen molar-refractivity contribution in [2.24, 2.45) is 5.41 Å². The van der Waals surface area contributed by atoms with Gasteiger partial charge in [-0.3, -0.25) is 4.79 Å². The predicted octanol–water partition coefficient (Wildman–Crippen LogP) is 2.52. The molecule has 100 valence electrons. The third-order valence-corrected chi connectivity index (χ3v) is 3.52. The van der Waals surface area contributed by atoms with Gasteiger partial charge in [0.1, 0.15) is 11.6 Å². The summed E-state index contributed by atoms with van der Waals surface area (Å²) in [6.07, 6.45) is 2.40. The predicted molar refractivity (Wildman–Crippen MR) is 74.2 cm³/mol. The number of rotatable bonds is 2. The molecule has 0 aromatic carbocycles. The Kier molecular flexibility index (Phi) is 3.46. The zero-order valence-corrected chi connectivity index (χ0v) is 11.8. The quantitative estimate of drug-likeness (QED) is 0.876. The van der Waals surface area contributed by atoms with Crippen LogP contribution in [0.3, 0.4) is 0 Å². The summed E-state index contributed by atoms with van der Waals surface area (Å²) in [7, 11) is 0. The van der Waals surface area contributed by atoms with E-state index in [0.717, 1.165) is 24.7 Å². The van der Waals surface area contributed by atoms with Crippen LogP contribution in [-0.2, 0) is 0 Å². The Morgan fingerprint density at radius 3 is 2.78 bits per heavy atom. The fourth-order valence-electron chi connectivity index (χ4n) is 2.52. The summed E-state index contributed by atoms with van der Waals surface area (Å²) in [5.74, 6) is 1.85. The molecule has 1 N–H and O–H groups in total. The van der Waals surface area contributed by atoms with Crippen molar-refractivity contribution in [2.75, 3.05) is 18.0 Å². The van der Waals surface area contributed by atoms with Crippen LogP contribution in [-0.4, -0.2) is 23.1 Å². The van der Waals surface area contributed by atoms with Crippen molar-refractivity contribution in [3.8, 4) is 0 Å². The number of piperidine rings is 1. The topological polar surface area (TPSA) is 49.0 Å². The van der Waals surface area contributed by atoms with Gasteiger partial charge < -0.3 is 9.88 Å². The minimum absolute atomic E-state index is 0.0490. The van der Waals surface area contributed by atoms with Crippen molar-refractivity contribution in [1.82, 2.24) is 9.97 Å². The lowest BCUT2D eigenvalue weighted by molar-refractivity contribution is 0.292. The molecule has 0 amide bonds. The maximum Gasteiger partial charge on any atom is 0.252 e. The second kappa shape index (κ2) is 4.75. The number of hydrogen-bond donors (Lipinski definition) is 1. The summed E-state index contributed by atoms with van der Waals surface area (Å²) < 4.78 is 0. The van der Waals surface area contributed by atoms with E-state index >= 15 is 0 Å². The number of nitrogens with zero attached hydrogens (tertiary/aromatic N) is 2. The van der Waals surface area contributed by atoms with E-state index in [1.54, 1.807) is 6.07 Å². The minimum Gasteiger partial charge on any atom is -0.356 e. The Morgan fingerprint density at radius 2 is 2.17 bits per heavy atom. The molecule has 0 spiro atoms. The summed E-state index contributed by atoms with van der Waals surface area (Å²) in [4.78, 5) is 21.3. The monoisotopic (exact) mass is 249 g/mol. The first kappa shape index (κ1) is 13.1. The van der Waals surface area contributed by atoms with Crippen molar-refractivity contribution >= 4 is 5.82 Å². The van der Waals surface area contributed by atoms with Gasteiger partial charge in [-0.2, -0.15) is 0 Å². The van der Waals surface area contributed by atoms with Gasteiger partial charge in [-0.15, -0.1) is 0 Å².